The first kappa shape index (κ1) is 15.3. The Hall–Kier alpha value is -2.64. The Kier molecular flexibility index (Phi) is 3.67. The van der Waals surface area contributed by atoms with Gasteiger partial charge in [0.05, 0.1) is 6.20 Å². The van der Waals surface area contributed by atoms with Crippen LogP contribution in [0.2, 0.25) is 0 Å². The van der Waals surface area contributed by atoms with E-state index in [4.69, 9.17) is 4.74 Å². The van der Waals surface area contributed by atoms with Gasteiger partial charge in [-0.2, -0.15) is 18.3 Å². The summed E-state index contributed by atoms with van der Waals surface area (Å²) in [5.74, 6) is -0.829. The van der Waals surface area contributed by atoms with Crippen molar-refractivity contribution in [3.8, 4) is 17.0 Å². The van der Waals surface area contributed by atoms with E-state index in [2.05, 4.69) is 10.1 Å². The molecule has 0 radical (unpaired) electrons. The van der Waals surface area contributed by atoms with E-state index >= 15 is 0 Å². The number of rotatable bonds is 3. The first-order valence-electron chi connectivity index (χ1n) is 6.61. The third kappa shape index (κ3) is 3.10. The van der Waals surface area contributed by atoms with Crippen molar-refractivity contribution in [2.45, 2.75) is 6.18 Å². The summed E-state index contributed by atoms with van der Waals surface area (Å²) in [4.78, 5) is 3.91. The number of hydrogen-bond donors (Lipinski definition) is 0. The smallest absolute Gasteiger partial charge is 0.422 e. The van der Waals surface area contributed by atoms with Gasteiger partial charge in [0.1, 0.15) is 5.82 Å². The van der Waals surface area contributed by atoms with E-state index in [0.29, 0.717) is 11.1 Å². The number of halogens is 4. The summed E-state index contributed by atoms with van der Waals surface area (Å²) >= 11 is 0. The summed E-state index contributed by atoms with van der Waals surface area (Å²) in [5.41, 5.74) is 1.04. The predicted octanol–water partition coefficient (Wildman–Crippen LogP) is 3.72. The average molecular weight is 325 g/mol. The van der Waals surface area contributed by atoms with Gasteiger partial charge in [-0.15, -0.1) is 0 Å². The zero-order valence-electron chi connectivity index (χ0n) is 11.9. The van der Waals surface area contributed by atoms with E-state index in [1.807, 2.05) is 0 Å². The lowest BCUT2D eigenvalue weighted by molar-refractivity contribution is -0.153. The van der Waals surface area contributed by atoms with Crippen LogP contribution in [0.25, 0.3) is 21.9 Å². The second-order valence-electron chi connectivity index (χ2n) is 4.95. The minimum absolute atomic E-state index is 0.146. The molecule has 120 valence electrons. The van der Waals surface area contributed by atoms with Crippen molar-refractivity contribution in [1.82, 2.24) is 14.8 Å². The van der Waals surface area contributed by atoms with Crippen molar-refractivity contribution >= 4 is 10.8 Å². The normalized spacial score (nSPS) is 11.9. The van der Waals surface area contributed by atoms with Crippen molar-refractivity contribution in [2.24, 2.45) is 7.05 Å². The highest BCUT2D eigenvalue weighted by atomic mass is 19.4. The molecule has 0 amide bonds. The van der Waals surface area contributed by atoms with Crippen molar-refractivity contribution in [2.75, 3.05) is 6.61 Å². The Morgan fingerprint density at radius 1 is 1.22 bits per heavy atom. The molecular formula is C15H11F4N3O. The topological polar surface area (TPSA) is 39.9 Å². The van der Waals surface area contributed by atoms with Crippen LogP contribution in [-0.4, -0.2) is 27.5 Å². The largest absolute Gasteiger partial charge is 0.468 e. The molecule has 0 spiro atoms. The van der Waals surface area contributed by atoms with E-state index in [9.17, 15) is 17.6 Å². The molecule has 23 heavy (non-hydrogen) atoms. The maximum Gasteiger partial charge on any atom is 0.422 e. The van der Waals surface area contributed by atoms with Crippen LogP contribution in [0.4, 0.5) is 17.6 Å². The molecular weight excluding hydrogens is 314 g/mol. The van der Waals surface area contributed by atoms with Gasteiger partial charge in [0.25, 0.3) is 0 Å². The van der Waals surface area contributed by atoms with E-state index in [1.165, 1.54) is 35.3 Å². The number of aryl methyl sites for hydroxylation is 1. The molecule has 0 aliphatic carbocycles. The van der Waals surface area contributed by atoms with Crippen molar-refractivity contribution < 1.29 is 22.3 Å². The first-order valence-corrected chi connectivity index (χ1v) is 6.61. The summed E-state index contributed by atoms with van der Waals surface area (Å²) in [5, 5.41) is 4.33. The molecule has 3 aromatic rings. The predicted molar refractivity (Wildman–Crippen MR) is 75.5 cm³/mol. The quantitative estimate of drug-likeness (QED) is 0.689. The maximum atomic E-state index is 14.3. The molecule has 0 fully saturated rings. The van der Waals surface area contributed by atoms with Gasteiger partial charge in [0, 0.05) is 41.3 Å². The molecule has 2 heterocycles. The number of fused-ring (bicyclic) bond motifs is 1. The summed E-state index contributed by atoms with van der Waals surface area (Å²) in [6, 6.07) is 4.10. The summed E-state index contributed by atoms with van der Waals surface area (Å²) in [6.07, 6.45) is -0.0181. The lowest BCUT2D eigenvalue weighted by Gasteiger charge is -2.12. The van der Waals surface area contributed by atoms with E-state index in [-0.39, 0.29) is 16.7 Å². The number of ether oxygens (including phenoxy) is 1. The van der Waals surface area contributed by atoms with Crippen molar-refractivity contribution in [1.29, 1.82) is 0 Å². The minimum atomic E-state index is -4.50. The van der Waals surface area contributed by atoms with Crippen LogP contribution >= 0.6 is 0 Å². The molecule has 0 aliphatic rings. The molecule has 0 unspecified atom stereocenters. The minimum Gasteiger partial charge on any atom is -0.468 e. The molecule has 4 nitrogen and oxygen atoms in total. The third-order valence-electron chi connectivity index (χ3n) is 3.21. The van der Waals surface area contributed by atoms with E-state index < -0.39 is 18.6 Å². The third-order valence-corrected chi connectivity index (χ3v) is 3.21. The van der Waals surface area contributed by atoms with Gasteiger partial charge in [-0.3, -0.25) is 4.68 Å². The van der Waals surface area contributed by atoms with Crippen LogP contribution in [0.15, 0.2) is 36.8 Å². The summed E-state index contributed by atoms with van der Waals surface area (Å²) in [7, 11) is 1.70. The molecule has 0 saturated heterocycles. The molecule has 0 N–H and O–H groups in total. The van der Waals surface area contributed by atoms with E-state index in [0.717, 1.165) is 0 Å². The highest BCUT2D eigenvalue weighted by Gasteiger charge is 2.29. The molecule has 0 atom stereocenters. The van der Waals surface area contributed by atoms with Gasteiger partial charge in [-0.05, 0) is 12.1 Å². The van der Waals surface area contributed by atoms with Crippen LogP contribution in [0, 0.1) is 5.82 Å². The van der Waals surface area contributed by atoms with Crippen LogP contribution < -0.4 is 4.74 Å². The monoisotopic (exact) mass is 325 g/mol. The number of pyridine rings is 1. The number of aromatic nitrogens is 3. The Bertz CT molecular complexity index is 858. The first-order chi connectivity index (χ1) is 10.8. The van der Waals surface area contributed by atoms with Gasteiger partial charge in [-0.25, -0.2) is 9.37 Å². The van der Waals surface area contributed by atoms with Crippen molar-refractivity contribution in [3.63, 3.8) is 0 Å². The van der Waals surface area contributed by atoms with E-state index in [1.54, 1.807) is 13.2 Å². The zero-order valence-corrected chi connectivity index (χ0v) is 11.9. The Balaban J connectivity index is 2.14. The standard InChI is InChI=1S/C15H11F4N3O/c1-22-7-9(5-21-22)11-6-20-14(23-8-15(17,18)19)10-3-2-4-12(16)13(10)11/h2-7H,8H2,1H3. The molecule has 3 rings (SSSR count). The Morgan fingerprint density at radius 3 is 2.65 bits per heavy atom. The van der Waals surface area contributed by atoms with Crippen LogP contribution in [0.1, 0.15) is 0 Å². The molecule has 0 aliphatic heterocycles. The molecule has 0 saturated carbocycles. The Labute approximate surface area is 128 Å². The molecule has 2 aromatic heterocycles. The molecule has 1 aromatic carbocycles. The SMILES string of the molecule is Cn1cc(-c2cnc(OCC(F)(F)F)c3cccc(F)c23)cn1. The fourth-order valence-corrected chi connectivity index (χ4v) is 2.28. The second kappa shape index (κ2) is 5.53. The second-order valence-corrected chi connectivity index (χ2v) is 4.95. The highest BCUT2D eigenvalue weighted by molar-refractivity contribution is 5.99. The fraction of sp³-hybridized carbons (Fsp3) is 0.200. The van der Waals surface area contributed by atoms with Gasteiger partial charge in [-0.1, -0.05) is 6.07 Å². The number of alkyl halides is 3. The van der Waals surface area contributed by atoms with Gasteiger partial charge < -0.3 is 4.74 Å². The van der Waals surface area contributed by atoms with Gasteiger partial charge in [0.15, 0.2) is 6.61 Å². The number of hydrogen-bond acceptors (Lipinski definition) is 3. The van der Waals surface area contributed by atoms with Crippen LogP contribution in [0.5, 0.6) is 5.88 Å². The lowest BCUT2D eigenvalue weighted by Crippen LogP contribution is -2.19. The number of nitrogens with zero attached hydrogens (tertiary/aromatic N) is 3. The summed E-state index contributed by atoms with van der Waals surface area (Å²) < 4.78 is 57.5. The van der Waals surface area contributed by atoms with Crippen LogP contribution in [0.3, 0.4) is 0 Å². The van der Waals surface area contributed by atoms with Crippen molar-refractivity contribution in [3.05, 3.63) is 42.6 Å². The Morgan fingerprint density at radius 2 is 2.00 bits per heavy atom. The number of benzene rings is 1. The highest BCUT2D eigenvalue weighted by Crippen LogP contribution is 2.34. The molecule has 0 bridgehead atoms. The lowest BCUT2D eigenvalue weighted by atomic mass is 10.0. The average Bonchev–Trinajstić information content (AvgIpc) is 2.90. The fourth-order valence-electron chi connectivity index (χ4n) is 2.28. The summed E-state index contributed by atoms with van der Waals surface area (Å²) in [6.45, 7) is -1.49. The zero-order chi connectivity index (χ0) is 16.6. The maximum absolute atomic E-state index is 14.3. The van der Waals surface area contributed by atoms with Crippen LogP contribution in [-0.2, 0) is 7.05 Å². The van der Waals surface area contributed by atoms with Gasteiger partial charge in [0.2, 0.25) is 5.88 Å². The van der Waals surface area contributed by atoms with Gasteiger partial charge >= 0.3 is 6.18 Å². The molecule has 8 heteroatoms.